The summed E-state index contributed by atoms with van der Waals surface area (Å²) in [5.41, 5.74) is 2.47. The predicted molar refractivity (Wildman–Crippen MR) is 75.2 cm³/mol. The number of nitrogens with zero attached hydrogens (tertiary/aromatic N) is 3. The fourth-order valence-electron chi connectivity index (χ4n) is 2.47. The fourth-order valence-corrected chi connectivity index (χ4v) is 2.47. The third-order valence-corrected chi connectivity index (χ3v) is 4.07. The largest absolute Gasteiger partial charge is 0.385 e. The van der Waals surface area contributed by atoms with Crippen molar-refractivity contribution in [1.29, 1.82) is 0 Å². The zero-order valence-corrected chi connectivity index (χ0v) is 11.5. The molecule has 3 rings (SSSR count). The van der Waals surface area contributed by atoms with E-state index in [9.17, 15) is 0 Å². The molecule has 0 radical (unpaired) electrons. The zero-order valence-electron chi connectivity index (χ0n) is 11.5. The van der Waals surface area contributed by atoms with Crippen LogP contribution in [0.25, 0.3) is 11.0 Å². The minimum atomic E-state index is 0.411. The first-order chi connectivity index (χ1) is 9.24. The number of nitrogens with one attached hydrogen (secondary N) is 1. The van der Waals surface area contributed by atoms with Crippen LogP contribution in [0.4, 0.5) is 5.82 Å². The van der Waals surface area contributed by atoms with Crippen LogP contribution in [0.5, 0.6) is 0 Å². The second-order valence-electron chi connectivity index (χ2n) is 5.48. The highest BCUT2D eigenvalue weighted by Gasteiger charge is 2.41. The average molecular weight is 260 g/mol. The van der Waals surface area contributed by atoms with Crippen molar-refractivity contribution in [2.45, 2.75) is 19.3 Å². The van der Waals surface area contributed by atoms with Gasteiger partial charge in [0.2, 0.25) is 0 Å². The molecule has 1 saturated carbocycles. The van der Waals surface area contributed by atoms with Gasteiger partial charge in [-0.25, -0.2) is 9.97 Å². The molecule has 2 aromatic rings. The van der Waals surface area contributed by atoms with Crippen LogP contribution in [0.1, 0.15) is 19.3 Å². The van der Waals surface area contributed by atoms with Crippen LogP contribution in [0, 0.1) is 5.41 Å². The number of anilines is 1. The van der Waals surface area contributed by atoms with Gasteiger partial charge in [0, 0.05) is 33.5 Å². The molecule has 0 amide bonds. The first-order valence-corrected chi connectivity index (χ1v) is 6.73. The number of aromatic nitrogens is 3. The highest BCUT2D eigenvalue weighted by Crippen LogP contribution is 2.48. The molecule has 0 aliphatic heterocycles. The first-order valence-electron chi connectivity index (χ1n) is 6.73. The highest BCUT2D eigenvalue weighted by atomic mass is 16.5. The maximum atomic E-state index is 5.18. The topological polar surface area (TPSA) is 52.0 Å². The minimum absolute atomic E-state index is 0.411. The van der Waals surface area contributed by atoms with Crippen molar-refractivity contribution < 1.29 is 4.74 Å². The van der Waals surface area contributed by atoms with Crippen molar-refractivity contribution in [3.05, 3.63) is 18.6 Å². The Kier molecular flexibility index (Phi) is 3.14. The molecule has 0 bridgehead atoms. The van der Waals surface area contributed by atoms with E-state index in [1.807, 2.05) is 30.2 Å². The molecule has 0 aromatic carbocycles. The number of hydrogen-bond acceptors (Lipinski definition) is 4. The number of rotatable bonds is 6. The molecule has 2 aromatic heterocycles. The van der Waals surface area contributed by atoms with Crippen LogP contribution < -0.4 is 5.32 Å². The summed E-state index contributed by atoms with van der Waals surface area (Å²) in [6.45, 7) is 1.79. The third kappa shape index (κ3) is 2.42. The summed E-state index contributed by atoms with van der Waals surface area (Å²) < 4.78 is 7.20. The van der Waals surface area contributed by atoms with Gasteiger partial charge in [-0.05, 0) is 30.7 Å². The van der Waals surface area contributed by atoms with Crippen molar-refractivity contribution in [3.63, 3.8) is 0 Å². The Morgan fingerprint density at radius 3 is 3.00 bits per heavy atom. The predicted octanol–water partition coefficient (Wildman–Crippen LogP) is 2.20. The van der Waals surface area contributed by atoms with Crippen LogP contribution in [0.15, 0.2) is 18.6 Å². The number of aryl methyl sites for hydroxylation is 1. The van der Waals surface area contributed by atoms with Crippen LogP contribution in [-0.4, -0.2) is 34.8 Å². The summed E-state index contributed by atoms with van der Waals surface area (Å²) in [4.78, 5) is 8.83. The molecule has 0 spiro atoms. The Hall–Kier alpha value is -1.62. The summed E-state index contributed by atoms with van der Waals surface area (Å²) in [5, 5.41) is 3.47. The Balaban J connectivity index is 1.72. The van der Waals surface area contributed by atoms with E-state index < -0.39 is 0 Å². The van der Waals surface area contributed by atoms with Crippen LogP contribution in [0.3, 0.4) is 0 Å². The molecule has 102 valence electrons. The molecule has 5 nitrogen and oxygen atoms in total. The molecule has 5 heteroatoms. The first kappa shape index (κ1) is 12.4. The zero-order chi connectivity index (χ0) is 13.3. The van der Waals surface area contributed by atoms with E-state index in [1.54, 1.807) is 7.11 Å². The highest BCUT2D eigenvalue weighted by molar-refractivity contribution is 5.85. The van der Waals surface area contributed by atoms with Crippen molar-refractivity contribution in [2.24, 2.45) is 12.5 Å². The standard InChI is InChI=1S/C14H20N4O/c1-18-10-17-12-11(18)3-7-15-13(12)16-9-14(4-5-14)6-8-19-2/h3,7,10H,4-6,8-9H2,1-2H3,(H,15,16). The van der Waals surface area contributed by atoms with E-state index in [2.05, 4.69) is 15.3 Å². The quantitative estimate of drug-likeness (QED) is 0.865. The van der Waals surface area contributed by atoms with Crippen LogP contribution in [0.2, 0.25) is 0 Å². The number of pyridine rings is 1. The van der Waals surface area contributed by atoms with Gasteiger partial charge in [-0.2, -0.15) is 0 Å². The Labute approximate surface area is 113 Å². The average Bonchev–Trinajstić information content (AvgIpc) is 3.11. The normalized spacial score (nSPS) is 16.7. The number of methoxy groups -OCH3 is 1. The molecule has 0 unspecified atom stereocenters. The van der Waals surface area contributed by atoms with Gasteiger partial charge in [-0.3, -0.25) is 0 Å². The molecule has 1 N–H and O–H groups in total. The fraction of sp³-hybridized carbons (Fsp3) is 0.571. The van der Waals surface area contributed by atoms with E-state index in [1.165, 1.54) is 12.8 Å². The lowest BCUT2D eigenvalue weighted by atomic mass is 10.0. The van der Waals surface area contributed by atoms with Gasteiger partial charge in [0.1, 0.15) is 5.52 Å². The summed E-state index contributed by atoms with van der Waals surface area (Å²) >= 11 is 0. The van der Waals surface area contributed by atoms with Gasteiger partial charge in [-0.1, -0.05) is 0 Å². The van der Waals surface area contributed by atoms with E-state index >= 15 is 0 Å². The van der Waals surface area contributed by atoms with Gasteiger partial charge in [0.25, 0.3) is 0 Å². The van der Waals surface area contributed by atoms with Gasteiger partial charge < -0.3 is 14.6 Å². The SMILES string of the molecule is COCCC1(CNc2nccc3c2ncn3C)CC1. The van der Waals surface area contributed by atoms with E-state index in [0.29, 0.717) is 5.41 Å². The minimum Gasteiger partial charge on any atom is -0.385 e. The molecule has 1 aliphatic rings. The molecule has 1 fully saturated rings. The van der Waals surface area contributed by atoms with Crippen molar-refractivity contribution >= 4 is 16.9 Å². The van der Waals surface area contributed by atoms with Crippen LogP contribution in [-0.2, 0) is 11.8 Å². The molecule has 19 heavy (non-hydrogen) atoms. The number of fused-ring (bicyclic) bond motifs is 1. The maximum Gasteiger partial charge on any atom is 0.154 e. The maximum absolute atomic E-state index is 5.18. The number of ether oxygens (including phenoxy) is 1. The van der Waals surface area contributed by atoms with Crippen molar-refractivity contribution in [1.82, 2.24) is 14.5 Å². The Morgan fingerprint density at radius 2 is 2.26 bits per heavy atom. The monoisotopic (exact) mass is 260 g/mol. The van der Waals surface area contributed by atoms with E-state index in [0.717, 1.165) is 36.4 Å². The van der Waals surface area contributed by atoms with Gasteiger partial charge in [0.15, 0.2) is 5.82 Å². The lowest BCUT2D eigenvalue weighted by Gasteiger charge is -2.16. The van der Waals surface area contributed by atoms with Gasteiger partial charge in [-0.15, -0.1) is 0 Å². The number of imidazole rings is 1. The smallest absolute Gasteiger partial charge is 0.154 e. The number of hydrogen-bond donors (Lipinski definition) is 1. The Morgan fingerprint density at radius 1 is 1.42 bits per heavy atom. The van der Waals surface area contributed by atoms with Crippen molar-refractivity contribution in [2.75, 3.05) is 25.6 Å². The molecular weight excluding hydrogens is 240 g/mol. The third-order valence-electron chi connectivity index (χ3n) is 4.07. The van der Waals surface area contributed by atoms with Crippen molar-refractivity contribution in [3.8, 4) is 0 Å². The van der Waals surface area contributed by atoms with Gasteiger partial charge in [0.05, 0.1) is 11.8 Å². The lowest BCUT2D eigenvalue weighted by Crippen LogP contribution is -2.18. The van der Waals surface area contributed by atoms with Crippen LogP contribution >= 0.6 is 0 Å². The molecular formula is C14H20N4O. The lowest BCUT2D eigenvalue weighted by molar-refractivity contribution is 0.175. The Bertz CT molecular complexity index is 574. The van der Waals surface area contributed by atoms with Gasteiger partial charge >= 0.3 is 0 Å². The summed E-state index contributed by atoms with van der Waals surface area (Å²) in [7, 11) is 3.76. The second kappa shape index (κ2) is 4.81. The summed E-state index contributed by atoms with van der Waals surface area (Å²) in [5.74, 6) is 0.891. The molecule has 2 heterocycles. The summed E-state index contributed by atoms with van der Waals surface area (Å²) in [6, 6.07) is 1.99. The second-order valence-corrected chi connectivity index (χ2v) is 5.48. The summed E-state index contributed by atoms with van der Waals surface area (Å²) in [6.07, 6.45) is 7.34. The van der Waals surface area contributed by atoms with E-state index in [-0.39, 0.29) is 0 Å². The van der Waals surface area contributed by atoms with E-state index in [4.69, 9.17) is 4.74 Å². The molecule has 0 saturated heterocycles. The molecule has 0 atom stereocenters. The molecule has 1 aliphatic carbocycles.